The lowest BCUT2D eigenvalue weighted by Gasteiger charge is -2.15. The normalized spacial score (nSPS) is 11.4. The van der Waals surface area contributed by atoms with Crippen LogP contribution in [0.15, 0.2) is 30.3 Å². The number of benzene rings is 1. The van der Waals surface area contributed by atoms with Crippen LogP contribution in [0.3, 0.4) is 0 Å². The third-order valence-corrected chi connectivity index (χ3v) is 3.74. The van der Waals surface area contributed by atoms with Crippen LogP contribution in [0.4, 0.5) is 19.0 Å². The number of fused-ring (bicyclic) bond motifs is 1. The molecule has 2 heterocycles. The van der Waals surface area contributed by atoms with E-state index in [4.69, 9.17) is 11.0 Å². The van der Waals surface area contributed by atoms with Gasteiger partial charge in [-0.25, -0.2) is 9.50 Å². The summed E-state index contributed by atoms with van der Waals surface area (Å²) in [6, 6.07) is 8.58. The van der Waals surface area contributed by atoms with E-state index >= 15 is 0 Å². The molecule has 0 aliphatic carbocycles. The van der Waals surface area contributed by atoms with Crippen LogP contribution in [0.25, 0.3) is 16.8 Å². The highest BCUT2D eigenvalue weighted by Gasteiger charge is 2.39. The fourth-order valence-electron chi connectivity index (χ4n) is 2.62. The zero-order valence-corrected chi connectivity index (χ0v) is 14.0. The van der Waals surface area contributed by atoms with Crippen LogP contribution in [0.2, 0.25) is 0 Å². The van der Waals surface area contributed by atoms with Gasteiger partial charge in [0.1, 0.15) is 17.0 Å². The van der Waals surface area contributed by atoms with Gasteiger partial charge in [-0.05, 0) is 19.1 Å². The smallest absolute Gasteiger partial charge is 0.382 e. The number of amides is 1. The first kappa shape index (κ1) is 18.2. The Morgan fingerprint density at radius 1 is 1.37 bits per heavy atom. The predicted molar refractivity (Wildman–Crippen MR) is 90.6 cm³/mol. The number of carbonyl (C=O) groups is 1. The number of nitrogens with zero attached hydrogens (tertiary/aromatic N) is 4. The maximum absolute atomic E-state index is 13.8. The van der Waals surface area contributed by atoms with Gasteiger partial charge >= 0.3 is 6.18 Å². The monoisotopic (exact) mass is 374 g/mol. The molecule has 0 aliphatic rings. The minimum absolute atomic E-state index is 0.0602. The molecule has 2 aromatic heterocycles. The van der Waals surface area contributed by atoms with Crippen molar-refractivity contribution in [3.05, 3.63) is 47.3 Å². The minimum atomic E-state index is -4.83. The first-order valence-corrected chi connectivity index (χ1v) is 7.81. The largest absolute Gasteiger partial charge is 0.435 e. The van der Waals surface area contributed by atoms with E-state index in [1.165, 1.54) is 24.3 Å². The number of hydrogen-bond donors (Lipinski definition) is 2. The topological polar surface area (TPSA) is 109 Å². The number of aromatic nitrogens is 3. The molecule has 0 saturated heterocycles. The van der Waals surface area contributed by atoms with E-state index < -0.39 is 23.5 Å². The van der Waals surface area contributed by atoms with E-state index in [1.807, 2.05) is 6.07 Å². The van der Waals surface area contributed by atoms with Crippen molar-refractivity contribution in [3.63, 3.8) is 0 Å². The highest BCUT2D eigenvalue weighted by molar-refractivity contribution is 5.94. The fourth-order valence-corrected chi connectivity index (χ4v) is 2.62. The Kier molecular flexibility index (Phi) is 4.45. The Morgan fingerprint density at radius 2 is 2.11 bits per heavy atom. The number of hydrogen-bond acceptors (Lipinski definition) is 5. The van der Waals surface area contributed by atoms with E-state index in [0.717, 1.165) is 6.07 Å². The number of nitriles is 1. The first-order valence-electron chi connectivity index (χ1n) is 7.81. The molecule has 7 nitrogen and oxygen atoms in total. The van der Waals surface area contributed by atoms with Gasteiger partial charge in [-0.15, -0.1) is 0 Å². The summed E-state index contributed by atoms with van der Waals surface area (Å²) in [4.78, 5) is 15.8. The molecule has 27 heavy (non-hydrogen) atoms. The van der Waals surface area contributed by atoms with Gasteiger partial charge in [0.05, 0.1) is 11.6 Å². The summed E-state index contributed by atoms with van der Waals surface area (Å²) >= 11 is 0. The molecule has 0 saturated carbocycles. The molecule has 0 spiro atoms. The SMILES string of the molecule is CCNC(=O)c1cc2c(N)nc(-c3cccc(C#N)c3)c(C(F)(F)F)n2n1. The van der Waals surface area contributed by atoms with Gasteiger partial charge in [-0.2, -0.15) is 23.5 Å². The molecule has 0 atom stereocenters. The van der Waals surface area contributed by atoms with Crippen molar-refractivity contribution >= 4 is 17.2 Å². The van der Waals surface area contributed by atoms with Crippen molar-refractivity contribution in [1.29, 1.82) is 5.26 Å². The predicted octanol–water partition coefficient (Wildman–Crippen LogP) is 2.62. The number of alkyl halides is 3. The van der Waals surface area contributed by atoms with Crippen LogP contribution in [0.5, 0.6) is 0 Å². The fraction of sp³-hybridized carbons (Fsp3) is 0.176. The second-order valence-electron chi connectivity index (χ2n) is 5.57. The highest BCUT2D eigenvalue weighted by atomic mass is 19.4. The van der Waals surface area contributed by atoms with Crippen molar-refractivity contribution in [1.82, 2.24) is 19.9 Å². The zero-order chi connectivity index (χ0) is 19.8. The standard InChI is InChI=1S/C17H13F3N6O/c1-2-23-16(27)11-7-12-15(22)24-13(10-5-3-4-9(6-10)8-21)14(17(18,19)20)26(12)25-11/h3-7H,2H2,1H3,(H2,22,24)(H,23,27). The van der Waals surface area contributed by atoms with Gasteiger partial charge in [0.15, 0.2) is 11.4 Å². The minimum Gasteiger partial charge on any atom is -0.382 e. The Hall–Kier alpha value is -3.61. The van der Waals surface area contributed by atoms with E-state index in [0.29, 0.717) is 11.1 Å². The quantitative estimate of drug-likeness (QED) is 0.732. The summed E-state index contributed by atoms with van der Waals surface area (Å²) in [5.41, 5.74) is 4.06. The zero-order valence-electron chi connectivity index (χ0n) is 14.0. The Balaban J connectivity index is 2.34. The molecule has 0 fully saturated rings. The van der Waals surface area contributed by atoms with Crippen molar-refractivity contribution in [2.45, 2.75) is 13.1 Å². The summed E-state index contributed by atoms with van der Waals surface area (Å²) in [6.45, 7) is 1.96. The summed E-state index contributed by atoms with van der Waals surface area (Å²) in [5, 5.41) is 15.3. The molecular weight excluding hydrogens is 361 g/mol. The van der Waals surface area contributed by atoms with Crippen LogP contribution in [0.1, 0.15) is 28.7 Å². The molecule has 3 aromatic rings. The maximum atomic E-state index is 13.8. The molecule has 0 bridgehead atoms. The van der Waals surface area contributed by atoms with Crippen LogP contribution >= 0.6 is 0 Å². The molecule has 10 heteroatoms. The summed E-state index contributed by atoms with van der Waals surface area (Å²) in [6.07, 6.45) is -4.83. The Morgan fingerprint density at radius 3 is 2.74 bits per heavy atom. The number of carbonyl (C=O) groups excluding carboxylic acids is 1. The van der Waals surface area contributed by atoms with Crippen LogP contribution in [0, 0.1) is 11.3 Å². The van der Waals surface area contributed by atoms with Gasteiger partial charge in [0, 0.05) is 18.2 Å². The van der Waals surface area contributed by atoms with E-state index in [2.05, 4.69) is 15.4 Å². The molecular formula is C17H13F3N6O. The number of halogens is 3. The van der Waals surface area contributed by atoms with E-state index in [-0.39, 0.29) is 28.2 Å². The van der Waals surface area contributed by atoms with Crippen LogP contribution < -0.4 is 11.1 Å². The number of nitrogens with two attached hydrogens (primary N) is 1. The van der Waals surface area contributed by atoms with Crippen molar-refractivity contribution in [2.75, 3.05) is 12.3 Å². The van der Waals surface area contributed by atoms with Gasteiger partial charge in [0.2, 0.25) is 0 Å². The Bertz CT molecular complexity index is 1080. The second-order valence-corrected chi connectivity index (χ2v) is 5.57. The molecule has 3 N–H and O–H groups in total. The number of nitrogen functional groups attached to an aromatic ring is 1. The molecule has 138 valence electrons. The van der Waals surface area contributed by atoms with Crippen molar-refractivity contribution in [3.8, 4) is 17.3 Å². The average Bonchev–Trinajstić information content (AvgIpc) is 3.06. The molecule has 0 unspecified atom stereocenters. The van der Waals surface area contributed by atoms with Crippen molar-refractivity contribution in [2.24, 2.45) is 0 Å². The maximum Gasteiger partial charge on any atom is 0.435 e. The molecule has 0 aliphatic heterocycles. The molecule has 3 rings (SSSR count). The lowest BCUT2D eigenvalue weighted by atomic mass is 10.1. The third kappa shape index (κ3) is 3.27. The van der Waals surface area contributed by atoms with Gasteiger partial charge in [-0.1, -0.05) is 12.1 Å². The highest BCUT2D eigenvalue weighted by Crippen LogP contribution is 2.37. The number of anilines is 1. The Labute approximate surface area is 151 Å². The van der Waals surface area contributed by atoms with Gasteiger partial charge in [-0.3, -0.25) is 4.79 Å². The summed E-state index contributed by atoms with van der Waals surface area (Å²) in [5.74, 6) is -0.842. The molecule has 1 amide bonds. The van der Waals surface area contributed by atoms with Crippen molar-refractivity contribution < 1.29 is 18.0 Å². The summed E-state index contributed by atoms with van der Waals surface area (Å²) in [7, 11) is 0. The first-order chi connectivity index (χ1) is 12.8. The summed E-state index contributed by atoms with van der Waals surface area (Å²) < 4.78 is 42.1. The van der Waals surface area contributed by atoms with Crippen LogP contribution in [-0.2, 0) is 6.18 Å². The van der Waals surface area contributed by atoms with E-state index in [1.54, 1.807) is 6.92 Å². The lowest BCUT2D eigenvalue weighted by Crippen LogP contribution is -2.23. The number of nitrogens with one attached hydrogen (secondary N) is 1. The third-order valence-electron chi connectivity index (χ3n) is 3.74. The van der Waals surface area contributed by atoms with E-state index in [9.17, 15) is 18.0 Å². The van der Waals surface area contributed by atoms with Crippen LogP contribution in [-0.4, -0.2) is 27.0 Å². The molecule has 0 radical (unpaired) electrons. The van der Waals surface area contributed by atoms with Gasteiger partial charge < -0.3 is 11.1 Å². The van der Waals surface area contributed by atoms with Gasteiger partial charge in [0.25, 0.3) is 5.91 Å². The molecule has 1 aromatic carbocycles. The average molecular weight is 374 g/mol. The lowest BCUT2D eigenvalue weighted by molar-refractivity contribution is -0.142. The number of rotatable bonds is 3. The second kappa shape index (κ2) is 6.60.